The number of fused-ring (bicyclic) bond motifs is 1. The molecule has 0 unspecified atom stereocenters. The highest BCUT2D eigenvalue weighted by molar-refractivity contribution is 5.86. The van der Waals surface area contributed by atoms with Gasteiger partial charge in [-0.15, -0.1) is 0 Å². The average molecular weight is 635 g/mol. The van der Waals surface area contributed by atoms with Crippen molar-refractivity contribution in [3.63, 3.8) is 0 Å². The first kappa shape index (κ1) is 33.6. The third-order valence-corrected chi connectivity index (χ3v) is 9.59. The summed E-state index contributed by atoms with van der Waals surface area (Å²) < 4.78 is 39.5. The highest BCUT2D eigenvalue weighted by Gasteiger charge is 2.34. The Morgan fingerprint density at radius 2 is 1.61 bits per heavy atom. The fraction of sp³-hybridized carbons (Fsp3) is 0.514. The lowest BCUT2D eigenvalue weighted by Crippen LogP contribution is -2.42. The lowest BCUT2D eigenvalue weighted by molar-refractivity contribution is -0.137. The summed E-state index contributed by atoms with van der Waals surface area (Å²) in [4.78, 5) is 11.1. The smallest absolute Gasteiger partial charge is 0.370 e. The Labute approximate surface area is 272 Å². The molecule has 0 aliphatic carbocycles. The molecule has 0 aromatic heterocycles. The van der Waals surface area contributed by atoms with Crippen molar-refractivity contribution in [2.45, 2.75) is 89.4 Å². The minimum atomic E-state index is -4.35. The number of benzene rings is 3. The second-order valence-corrected chi connectivity index (χ2v) is 12.9. The minimum absolute atomic E-state index is 0.155. The van der Waals surface area contributed by atoms with Gasteiger partial charge >= 0.3 is 6.18 Å². The fourth-order valence-electron chi connectivity index (χ4n) is 7.02. The molecule has 0 saturated carbocycles. The van der Waals surface area contributed by atoms with E-state index in [0.717, 1.165) is 57.8 Å². The van der Waals surface area contributed by atoms with Crippen LogP contribution in [-0.4, -0.2) is 71.4 Å². The Morgan fingerprint density at radius 3 is 2.43 bits per heavy atom. The molecule has 46 heavy (non-hydrogen) atoms. The molecular formula is C37H49F3N6. The molecule has 2 aliphatic heterocycles. The molecule has 3 aromatic rings. The van der Waals surface area contributed by atoms with Gasteiger partial charge in [-0.3, -0.25) is 10.4 Å². The molecule has 2 heterocycles. The summed E-state index contributed by atoms with van der Waals surface area (Å²) in [6.07, 6.45) is 5.97. The number of hydrogen-bond acceptors (Lipinski definition) is 4. The van der Waals surface area contributed by atoms with Crippen molar-refractivity contribution >= 4 is 22.7 Å². The number of nitrogens with zero attached hydrogens (tertiary/aromatic N) is 4. The number of unbranched alkanes of at least 4 members (excludes halogenated alkanes) is 5. The van der Waals surface area contributed by atoms with Crippen LogP contribution in [0.5, 0.6) is 0 Å². The topological polar surface area (TPSA) is 72.0 Å². The van der Waals surface area contributed by atoms with Crippen LogP contribution >= 0.6 is 0 Å². The van der Waals surface area contributed by atoms with Gasteiger partial charge in [-0.1, -0.05) is 93.3 Å². The maximum Gasteiger partial charge on any atom is 0.416 e. The van der Waals surface area contributed by atoms with Gasteiger partial charge in [0, 0.05) is 26.2 Å². The SMILES string of the molecule is CCCCCCCN1C(=N)N(CCCC[C@H]2CN=C(N)N2CCc2cccc(C(F)(F)F)c2)C[C@H]1Cc1cccc2ccccc12. The first-order valence-electron chi connectivity index (χ1n) is 17.0. The van der Waals surface area contributed by atoms with Gasteiger partial charge in [-0.05, 0) is 66.5 Å². The molecule has 3 N–H and O–H groups in total. The van der Waals surface area contributed by atoms with Crippen molar-refractivity contribution in [2.75, 3.05) is 32.7 Å². The van der Waals surface area contributed by atoms with Gasteiger partial charge in [0.2, 0.25) is 0 Å². The quantitative estimate of drug-likeness (QED) is 0.158. The summed E-state index contributed by atoms with van der Waals surface area (Å²) in [6, 6.07) is 21.1. The maximum atomic E-state index is 13.2. The highest BCUT2D eigenvalue weighted by Crippen LogP contribution is 2.30. The second-order valence-electron chi connectivity index (χ2n) is 12.9. The number of guanidine groups is 2. The van der Waals surface area contributed by atoms with E-state index in [-0.39, 0.29) is 12.1 Å². The highest BCUT2D eigenvalue weighted by atomic mass is 19.4. The van der Waals surface area contributed by atoms with E-state index in [9.17, 15) is 13.2 Å². The third kappa shape index (κ3) is 8.53. The van der Waals surface area contributed by atoms with Crippen molar-refractivity contribution < 1.29 is 13.2 Å². The van der Waals surface area contributed by atoms with E-state index in [2.05, 4.69) is 69.1 Å². The molecule has 9 heteroatoms. The van der Waals surface area contributed by atoms with E-state index in [1.807, 2.05) is 0 Å². The molecule has 0 amide bonds. The Bertz CT molecular complexity index is 1470. The number of nitrogens with one attached hydrogen (secondary N) is 1. The first-order valence-corrected chi connectivity index (χ1v) is 17.0. The molecule has 1 fully saturated rings. The number of nitrogens with two attached hydrogens (primary N) is 1. The van der Waals surface area contributed by atoms with E-state index in [1.54, 1.807) is 6.07 Å². The largest absolute Gasteiger partial charge is 0.416 e. The molecule has 0 bridgehead atoms. The first-order chi connectivity index (χ1) is 22.2. The predicted molar refractivity (Wildman–Crippen MR) is 182 cm³/mol. The molecule has 6 nitrogen and oxygen atoms in total. The van der Waals surface area contributed by atoms with E-state index in [1.165, 1.54) is 54.2 Å². The average Bonchev–Trinajstić information content (AvgIpc) is 3.55. The molecular weight excluding hydrogens is 585 g/mol. The van der Waals surface area contributed by atoms with Gasteiger partial charge in [0.05, 0.1) is 24.2 Å². The van der Waals surface area contributed by atoms with Gasteiger partial charge in [0.1, 0.15) is 0 Å². The second kappa shape index (κ2) is 15.7. The maximum absolute atomic E-state index is 13.2. The van der Waals surface area contributed by atoms with Crippen LogP contribution < -0.4 is 5.73 Å². The normalized spacial score (nSPS) is 18.7. The molecule has 3 aromatic carbocycles. The summed E-state index contributed by atoms with van der Waals surface area (Å²) in [5, 5.41) is 11.7. The van der Waals surface area contributed by atoms with Crippen molar-refractivity contribution in [3.05, 3.63) is 83.4 Å². The van der Waals surface area contributed by atoms with Crippen LogP contribution in [0.25, 0.3) is 10.8 Å². The van der Waals surface area contributed by atoms with E-state index >= 15 is 0 Å². The van der Waals surface area contributed by atoms with Crippen LogP contribution in [-0.2, 0) is 19.0 Å². The van der Waals surface area contributed by atoms with Crippen LogP contribution in [0.1, 0.15) is 75.0 Å². The lowest BCUT2D eigenvalue weighted by Gasteiger charge is -2.27. The van der Waals surface area contributed by atoms with Crippen LogP contribution in [0.2, 0.25) is 0 Å². The molecule has 2 aliphatic rings. The van der Waals surface area contributed by atoms with Crippen molar-refractivity contribution in [1.82, 2.24) is 14.7 Å². The Hall–Kier alpha value is -3.75. The van der Waals surface area contributed by atoms with E-state index in [0.29, 0.717) is 37.0 Å². The molecule has 1 saturated heterocycles. The minimum Gasteiger partial charge on any atom is -0.370 e. The van der Waals surface area contributed by atoms with Gasteiger partial charge in [-0.2, -0.15) is 13.2 Å². The number of aliphatic imine (C=N–C) groups is 1. The number of rotatable bonds is 16. The molecule has 2 atom stereocenters. The van der Waals surface area contributed by atoms with E-state index < -0.39 is 11.7 Å². The Kier molecular flexibility index (Phi) is 11.5. The van der Waals surface area contributed by atoms with Crippen LogP contribution in [0.3, 0.4) is 0 Å². The summed E-state index contributed by atoms with van der Waals surface area (Å²) in [6.45, 7) is 6.02. The Morgan fingerprint density at radius 1 is 0.848 bits per heavy atom. The van der Waals surface area contributed by atoms with Gasteiger partial charge in [-0.25, -0.2) is 0 Å². The zero-order valence-corrected chi connectivity index (χ0v) is 27.1. The van der Waals surface area contributed by atoms with Gasteiger partial charge in [0.25, 0.3) is 0 Å². The molecule has 0 radical (unpaired) electrons. The van der Waals surface area contributed by atoms with Crippen LogP contribution in [0, 0.1) is 5.41 Å². The zero-order chi connectivity index (χ0) is 32.5. The van der Waals surface area contributed by atoms with E-state index in [4.69, 9.17) is 11.1 Å². The number of halogens is 3. The fourth-order valence-corrected chi connectivity index (χ4v) is 7.02. The third-order valence-electron chi connectivity index (χ3n) is 9.59. The number of hydrogen-bond donors (Lipinski definition) is 2. The Balaban J connectivity index is 1.14. The van der Waals surface area contributed by atoms with Crippen LogP contribution in [0.4, 0.5) is 13.2 Å². The summed E-state index contributed by atoms with van der Waals surface area (Å²) in [7, 11) is 0. The zero-order valence-electron chi connectivity index (χ0n) is 27.1. The predicted octanol–water partition coefficient (Wildman–Crippen LogP) is 7.70. The standard InChI is InChI=1S/C37H49F3N6/c1-2-3-4-5-9-22-46-33(25-30-16-12-15-29-14-6-7-19-34(29)30)27-44(36(46)42)21-10-8-18-32-26-43-35(41)45(32)23-20-28-13-11-17-31(24-28)37(38,39)40/h6-7,11-17,19,24,32-33,42H,2-5,8-10,18,20-23,25-27H2,1H3,(H2,41,43)/t32-,33+/m0/s1. The molecule has 248 valence electrons. The molecule has 0 spiro atoms. The monoisotopic (exact) mass is 634 g/mol. The van der Waals surface area contributed by atoms with Crippen LogP contribution in [0.15, 0.2) is 71.7 Å². The van der Waals surface area contributed by atoms with Gasteiger partial charge in [0.15, 0.2) is 11.9 Å². The summed E-state index contributed by atoms with van der Waals surface area (Å²) >= 11 is 0. The number of alkyl halides is 3. The lowest BCUT2D eigenvalue weighted by atomic mass is 9.98. The summed E-state index contributed by atoms with van der Waals surface area (Å²) in [5.74, 6) is 1.13. The summed E-state index contributed by atoms with van der Waals surface area (Å²) in [5.41, 5.74) is 7.58. The van der Waals surface area contributed by atoms with Crippen molar-refractivity contribution in [1.29, 1.82) is 5.41 Å². The molecule has 5 rings (SSSR count). The van der Waals surface area contributed by atoms with Crippen molar-refractivity contribution in [3.8, 4) is 0 Å². The van der Waals surface area contributed by atoms with Crippen molar-refractivity contribution in [2.24, 2.45) is 10.7 Å². The van der Waals surface area contributed by atoms with Gasteiger partial charge < -0.3 is 20.4 Å².